The molecule has 2 aliphatic carbocycles. The van der Waals surface area contributed by atoms with Crippen molar-refractivity contribution in [1.29, 1.82) is 0 Å². The number of anilines is 6. The van der Waals surface area contributed by atoms with E-state index in [9.17, 15) is 0 Å². The van der Waals surface area contributed by atoms with Gasteiger partial charge in [0.1, 0.15) is 0 Å². The van der Waals surface area contributed by atoms with Crippen molar-refractivity contribution in [3.8, 4) is 11.1 Å². The molecule has 2 nitrogen and oxygen atoms in total. The van der Waals surface area contributed by atoms with Crippen LogP contribution in [0, 0.1) is 6.92 Å². The van der Waals surface area contributed by atoms with E-state index in [0.29, 0.717) is 0 Å². The van der Waals surface area contributed by atoms with Gasteiger partial charge in [0.2, 0.25) is 0 Å². The van der Waals surface area contributed by atoms with Crippen LogP contribution in [0.25, 0.3) is 21.2 Å². The number of nitrogens with zero attached hydrogens (tertiary/aromatic N) is 2. The monoisotopic (exact) mass is 904 g/mol. The lowest BCUT2D eigenvalue weighted by molar-refractivity contribution is 0.332. The normalized spacial score (nSPS) is 18.7. The highest BCUT2D eigenvalue weighted by Crippen LogP contribution is 2.59. The fourth-order valence-electron chi connectivity index (χ4n) is 12.1. The summed E-state index contributed by atoms with van der Waals surface area (Å²) in [5.41, 5.74) is 20.9. The summed E-state index contributed by atoms with van der Waals surface area (Å²) in [5.74, 6) is 0. The third kappa shape index (κ3) is 6.52. The van der Waals surface area contributed by atoms with Gasteiger partial charge in [0, 0.05) is 47.1 Å². The molecule has 0 bridgehead atoms. The molecule has 0 unspecified atom stereocenters. The standard InChI is InChI=1S/C61H69BN2S2/c1-36-31-46-50-47(32-36)64(45-26-23-39(57(5,6)7)33-41(45)37-19-17-16-18-20-37)52-49-53(61(14,15)30-29-60(49,12)13)66-55(52)62(50)54-51(63(46)40-24-21-38(22-25-40)56(2,3)4)42-34-43-44(35-48(42)65-54)59(10,11)28-27-58(43,8)9/h16-26,31-35H,27-30H2,1-15H3. The lowest BCUT2D eigenvalue weighted by Gasteiger charge is -2.45. The fraction of sp³-hybridized carbons (Fsp3) is 0.410. The molecule has 2 aromatic heterocycles. The maximum absolute atomic E-state index is 2.77. The van der Waals surface area contributed by atoms with Gasteiger partial charge in [0.15, 0.2) is 0 Å². The van der Waals surface area contributed by atoms with E-state index in [-0.39, 0.29) is 39.2 Å². The van der Waals surface area contributed by atoms with Crippen LogP contribution < -0.4 is 24.8 Å². The highest BCUT2D eigenvalue weighted by Gasteiger charge is 2.52. The number of aryl methyl sites for hydroxylation is 1. The maximum Gasteiger partial charge on any atom is 0.277 e. The second-order valence-electron chi connectivity index (χ2n) is 25.2. The lowest BCUT2D eigenvalue weighted by atomic mass is 9.38. The topological polar surface area (TPSA) is 6.48 Å². The predicted molar refractivity (Wildman–Crippen MR) is 292 cm³/mol. The van der Waals surface area contributed by atoms with Gasteiger partial charge < -0.3 is 9.80 Å². The summed E-state index contributed by atoms with van der Waals surface area (Å²) in [7, 11) is 0. The first-order chi connectivity index (χ1) is 30.9. The summed E-state index contributed by atoms with van der Waals surface area (Å²) in [6.45, 7) is 36.5. The molecule has 0 fully saturated rings. The number of thiophene rings is 2. The fourth-order valence-corrected chi connectivity index (χ4v) is 15.3. The van der Waals surface area contributed by atoms with Crippen LogP contribution in [0.15, 0.2) is 97.1 Å². The Bertz CT molecular complexity index is 3120. The first-order valence-corrected chi connectivity index (χ1v) is 26.4. The van der Waals surface area contributed by atoms with Gasteiger partial charge in [-0.3, -0.25) is 0 Å². The second kappa shape index (κ2) is 14.2. The molecule has 0 amide bonds. The minimum atomic E-state index is 0.000535. The molecule has 0 saturated heterocycles. The molecule has 5 heteroatoms. The Kier molecular flexibility index (Phi) is 9.48. The Morgan fingerprint density at radius 1 is 0.530 bits per heavy atom. The molecule has 4 aliphatic rings. The third-order valence-electron chi connectivity index (χ3n) is 16.4. The van der Waals surface area contributed by atoms with E-state index in [1.165, 1.54) is 124 Å². The van der Waals surface area contributed by atoms with Gasteiger partial charge in [-0.2, -0.15) is 11.3 Å². The second-order valence-corrected chi connectivity index (χ2v) is 27.4. The SMILES string of the molecule is Cc1cc2c3c(c1)N(c1ccc(C(C)(C)C)cc1)c1c(sc4cc5c(cc14)C(C)(C)CCC5(C)C)B3c1sc3c(c1N2c1ccc(C(C)(C)C)cc1-c1ccccc1)C(C)(C)CCC3(C)C. The van der Waals surface area contributed by atoms with E-state index < -0.39 is 0 Å². The summed E-state index contributed by atoms with van der Waals surface area (Å²) in [5, 5.41) is 1.41. The zero-order valence-electron chi connectivity index (χ0n) is 42.4. The van der Waals surface area contributed by atoms with Crippen LogP contribution in [0.5, 0.6) is 0 Å². The Morgan fingerprint density at radius 2 is 1.09 bits per heavy atom. The van der Waals surface area contributed by atoms with Crippen molar-refractivity contribution in [2.45, 2.75) is 162 Å². The van der Waals surface area contributed by atoms with Crippen LogP contribution >= 0.6 is 22.7 Å². The quantitative estimate of drug-likeness (QED) is 0.163. The minimum absolute atomic E-state index is 0.000535. The molecule has 0 N–H and O–H groups in total. The molecular weight excluding hydrogens is 836 g/mol. The van der Waals surface area contributed by atoms with Crippen molar-refractivity contribution in [2.75, 3.05) is 9.80 Å². The highest BCUT2D eigenvalue weighted by atomic mass is 32.1. The van der Waals surface area contributed by atoms with E-state index in [1.807, 2.05) is 0 Å². The summed E-state index contributed by atoms with van der Waals surface area (Å²) < 4.78 is 4.42. The smallest absolute Gasteiger partial charge is 0.277 e. The van der Waals surface area contributed by atoms with E-state index >= 15 is 0 Å². The van der Waals surface area contributed by atoms with Gasteiger partial charge in [0.05, 0.1) is 17.1 Å². The van der Waals surface area contributed by atoms with Crippen LogP contribution in [0.4, 0.5) is 34.1 Å². The van der Waals surface area contributed by atoms with Crippen LogP contribution in [0.2, 0.25) is 0 Å². The van der Waals surface area contributed by atoms with Gasteiger partial charge in [-0.15, -0.1) is 11.3 Å². The first kappa shape index (κ1) is 44.0. The number of fused-ring (bicyclic) bond motifs is 9. The molecule has 5 aromatic carbocycles. The van der Waals surface area contributed by atoms with Crippen molar-refractivity contribution in [1.82, 2.24) is 0 Å². The van der Waals surface area contributed by atoms with E-state index in [4.69, 9.17) is 0 Å². The first-order valence-electron chi connectivity index (χ1n) is 24.7. The number of hydrogen-bond donors (Lipinski definition) is 0. The maximum atomic E-state index is 2.77. The van der Waals surface area contributed by atoms with Gasteiger partial charge in [-0.25, -0.2) is 0 Å². The van der Waals surface area contributed by atoms with Gasteiger partial charge in [-0.1, -0.05) is 145 Å². The van der Waals surface area contributed by atoms with Crippen LogP contribution in [0.3, 0.4) is 0 Å². The summed E-state index contributed by atoms with van der Waals surface area (Å²) >= 11 is 4.22. The molecule has 11 rings (SSSR count). The number of rotatable bonds is 3. The average Bonchev–Trinajstić information content (AvgIpc) is 3.84. The summed E-state index contributed by atoms with van der Waals surface area (Å²) in [6, 6.07) is 38.5. The van der Waals surface area contributed by atoms with Crippen molar-refractivity contribution >= 4 is 88.6 Å². The largest absolute Gasteiger partial charge is 0.310 e. The zero-order chi connectivity index (χ0) is 46.8. The van der Waals surface area contributed by atoms with Crippen molar-refractivity contribution < 1.29 is 0 Å². The Morgan fingerprint density at radius 3 is 1.73 bits per heavy atom. The molecule has 2 aliphatic heterocycles. The van der Waals surface area contributed by atoms with Crippen LogP contribution in [0.1, 0.15) is 161 Å². The molecule has 0 atom stereocenters. The van der Waals surface area contributed by atoms with Gasteiger partial charge >= 0.3 is 0 Å². The number of hydrogen-bond acceptors (Lipinski definition) is 4. The van der Waals surface area contributed by atoms with E-state index in [0.717, 1.165) is 0 Å². The van der Waals surface area contributed by atoms with Gasteiger partial charge in [0.25, 0.3) is 6.71 Å². The molecule has 0 spiro atoms. The Balaban J connectivity index is 1.29. The zero-order valence-corrected chi connectivity index (χ0v) is 44.0. The van der Waals surface area contributed by atoms with Crippen LogP contribution in [-0.4, -0.2) is 6.71 Å². The highest BCUT2D eigenvalue weighted by molar-refractivity contribution is 7.39. The van der Waals surface area contributed by atoms with E-state index in [1.54, 1.807) is 10.4 Å². The molecule has 338 valence electrons. The van der Waals surface area contributed by atoms with Crippen LogP contribution in [-0.2, 0) is 32.5 Å². The predicted octanol–water partition coefficient (Wildman–Crippen LogP) is 16.3. The number of benzene rings is 5. The molecule has 4 heterocycles. The molecule has 0 radical (unpaired) electrons. The lowest BCUT2D eigenvalue weighted by Crippen LogP contribution is -2.59. The minimum Gasteiger partial charge on any atom is -0.310 e. The van der Waals surface area contributed by atoms with Gasteiger partial charge in [-0.05, 0) is 158 Å². The third-order valence-corrected chi connectivity index (χ3v) is 19.3. The Hall–Kier alpha value is -4.58. The molecule has 66 heavy (non-hydrogen) atoms. The van der Waals surface area contributed by atoms with Crippen molar-refractivity contribution in [3.05, 3.63) is 135 Å². The summed E-state index contributed by atoms with van der Waals surface area (Å²) in [4.78, 5) is 7.05. The summed E-state index contributed by atoms with van der Waals surface area (Å²) in [6.07, 6.45) is 4.76. The van der Waals surface area contributed by atoms with Crippen molar-refractivity contribution in [2.24, 2.45) is 0 Å². The molecule has 0 saturated carbocycles. The molecular formula is C61H69BN2S2. The average molecular weight is 905 g/mol. The van der Waals surface area contributed by atoms with E-state index in [2.05, 4.69) is 233 Å². The Labute approximate surface area is 404 Å². The van der Waals surface area contributed by atoms with Crippen molar-refractivity contribution in [3.63, 3.8) is 0 Å². The molecule has 7 aromatic rings.